The van der Waals surface area contributed by atoms with Gasteiger partial charge in [0, 0.05) is 38.4 Å². The van der Waals surface area contributed by atoms with Crippen molar-refractivity contribution in [1.29, 1.82) is 0 Å². The van der Waals surface area contributed by atoms with Gasteiger partial charge in [-0.3, -0.25) is 4.90 Å². The van der Waals surface area contributed by atoms with E-state index < -0.39 is 0 Å². The molecule has 2 fully saturated rings. The van der Waals surface area contributed by atoms with E-state index in [1.807, 2.05) is 0 Å². The van der Waals surface area contributed by atoms with Crippen molar-refractivity contribution in [3.8, 4) is 0 Å². The molecule has 2 rings (SSSR count). The van der Waals surface area contributed by atoms with E-state index in [1.54, 1.807) is 7.11 Å². The number of piperazine rings is 1. The summed E-state index contributed by atoms with van der Waals surface area (Å²) in [6.07, 6.45) is 9.39. The van der Waals surface area contributed by atoms with Gasteiger partial charge >= 0.3 is 0 Å². The van der Waals surface area contributed by atoms with E-state index in [0.717, 1.165) is 26.2 Å². The highest BCUT2D eigenvalue weighted by molar-refractivity contribution is 4.98. The van der Waals surface area contributed by atoms with E-state index in [-0.39, 0.29) is 0 Å². The van der Waals surface area contributed by atoms with Gasteiger partial charge in [0.25, 0.3) is 0 Å². The van der Waals surface area contributed by atoms with E-state index in [9.17, 15) is 0 Å². The average Bonchev–Trinajstić information content (AvgIpc) is 2.51. The number of nitrogens with one attached hydrogen (secondary N) is 1. The molecule has 1 unspecified atom stereocenters. The van der Waals surface area contributed by atoms with Crippen LogP contribution in [0.5, 0.6) is 0 Å². The van der Waals surface area contributed by atoms with E-state index >= 15 is 0 Å². The van der Waals surface area contributed by atoms with Crippen molar-refractivity contribution in [3.05, 3.63) is 0 Å². The molecule has 0 aromatic rings. The number of unbranched alkanes of at least 4 members (excludes halogenated alkanes) is 1. The van der Waals surface area contributed by atoms with Crippen LogP contribution in [-0.4, -0.2) is 63.0 Å². The number of hydrogen-bond donors (Lipinski definition) is 1. The fraction of sp³-hybridized carbons (Fsp3) is 1.00. The van der Waals surface area contributed by atoms with Gasteiger partial charge in [0.15, 0.2) is 0 Å². The summed E-state index contributed by atoms with van der Waals surface area (Å²) < 4.78 is 10.5. The number of methoxy groups -OCH3 is 1. The highest BCUT2D eigenvalue weighted by Gasteiger charge is 2.38. The third kappa shape index (κ3) is 5.51. The summed E-state index contributed by atoms with van der Waals surface area (Å²) in [7, 11) is 1.72. The van der Waals surface area contributed by atoms with Crippen molar-refractivity contribution in [2.45, 2.75) is 63.5 Å². The van der Waals surface area contributed by atoms with Gasteiger partial charge in [-0.25, -0.2) is 0 Å². The molecule has 1 atom stereocenters. The van der Waals surface area contributed by atoms with Crippen LogP contribution in [0.2, 0.25) is 0 Å². The summed E-state index contributed by atoms with van der Waals surface area (Å²) in [5.74, 6) is 0. The van der Waals surface area contributed by atoms with Crippen LogP contribution >= 0.6 is 0 Å². The Balaban J connectivity index is 1.64. The second-order valence-electron chi connectivity index (χ2n) is 6.85. The standard InChI is InChI=1S/C17H34N2O2/c1-16-14-18-17(8-4-3-5-9-17)15-19(16)10-6-7-11-21-13-12-20-2/h16,18H,3-15H2,1-2H3. The first-order chi connectivity index (χ1) is 10.3. The van der Waals surface area contributed by atoms with Crippen LogP contribution in [0.4, 0.5) is 0 Å². The van der Waals surface area contributed by atoms with Gasteiger partial charge < -0.3 is 14.8 Å². The zero-order valence-corrected chi connectivity index (χ0v) is 14.0. The first kappa shape index (κ1) is 17.2. The van der Waals surface area contributed by atoms with Crippen LogP contribution in [0.1, 0.15) is 51.9 Å². The fourth-order valence-corrected chi connectivity index (χ4v) is 3.72. The average molecular weight is 298 g/mol. The minimum Gasteiger partial charge on any atom is -0.382 e. The number of nitrogens with zero attached hydrogens (tertiary/aromatic N) is 1. The second kappa shape index (κ2) is 9.09. The smallest absolute Gasteiger partial charge is 0.0700 e. The first-order valence-electron chi connectivity index (χ1n) is 8.81. The number of rotatable bonds is 8. The predicted octanol–water partition coefficient (Wildman–Crippen LogP) is 2.43. The van der Waals surface area contributed by atoms with Crippen molar-refractivity contribution in [2.75, 3.05) is 46.6 Å². The van der Waals surface area contributed by atoms with E-state index in [4.69, 9.17) is 9.47 Å². The molecule has 1 saturated carbocycles. The molecule has 1 saturated heterocycles. The molecule has 21 heavy (non-hydrogen) atoms. The van der Waals surface area contributed by atoms with E-state index in [0.29, 0.717) is 18.2 Å². The third-order valence-electron chi connectivity index (χ3n) is 5.13. The lowest BCUT2D eigenvalue weighted by Gasteiger charge is -2.49. The SMILES string of the molecule is COCCOCCCCN1CC2(CCCCC2)NCC1C. The topological polar surface area (TPSA) is 33.7 Å². The Morgan fingerprint density at radius 3 is 2.67 bits per heavy atom. The molecule has 4 heteroatoms. The van der Waals surface area contributed by atoms with E-state index in [1.165, 1.54) is 51.6 Å². The van der Waals surface area contributed by atoms with Gasteiger partial charge in [0.1, 0.15) is 0 Å². The van der Waals surface area contributed by atoms with Gasteiger partial charge in [0.2, 0.25) is 0 Å². The molecule has 1 aliphatic carbocycles. The Morgan fingerprint density at radius 2 is 1.90 bits per heavy atom. The number of hydrogen-bond acceptors (Lipinski definition) is 4. The molecule has 1 heterocycles. The monoisotopic (exact) mass is 298 g/mol. The molecule has 124 valence electrons. The number of ether oxygens (including phenoxy) is 2. The molecule has 0 radical (unpaired) electrons. The van der Waals surface area contributed by atoms with Crippen molar-refractivity contribution in [1.82, 2.24) is 10.2 Å². The van der Waals surface area contributed by atoms with Crippen LogP contribution in [0.15, 0.2) is 0 Å². The van der Waals surface area contributed by atoms with Crippen molar-refractivity contribution in [3.63, 3.8) is 0 Å². The molecular weight excluding hydrogens is 264 g/mol. The van der Waals surface area contributed by atoms with Crippen LogP contribution in [0, 0.1) is 0 Å². The molecule has 2 aliphatic rings. The summed E-state index contributed by atoms with van der Waals surface area (Å²) in [5, 5.41) is 3.86. The Kier molecular flexibility index (Phi) is 7.44. The van der Waals surface area contributed by atoms with Crippen molar-refractivity contribution >= 4 is 0 Å². The molecule has 0 aromatic heterocycles. The Hall–Kier alpha value is -0.160. The lowest BCUT2D eigenvalue weighted by Crippen LogP contribution is -2.64. The minimum atomic E-state index is 0.430. The lowest BCUT2D eigenvalue weighted by atomic mass is 9.79. The maximum Gasteiger partial charge on any atom is 0.0700 e. The molecule has 0 bridgehead atoms. The Bertz CT molecular complexity index is 280. The molecule has 1 N–H and O–H groups in total. The van der Waals surface area contributed by atoms with Crippen molar-refractivity contribution in [2.24, 2.45) is 0 Å². The van der Waals surface area contributed by atoms with Gasteiger partial charge in [-0.05, 0) is 39.2 Å². The van der Waals surface area contributed by atoms with Crippen molar-refractivity contribution < 1.29 is 9.47 Å². The lowest BCUT2D eigenvalue weighted by molar-refractivity contribution is 0.0519. The van der Waals surface area contributed by atoms with Gasteiger partial charge in [-0.15, -0.1) is 0 Å². The molecule has 4 nitrogen and oxygen atoms in total. The molecule has 1 spiro atoms. The highest BCUT2D eigenvalue weighted by atomic mass is 16.5. The van der Waals surface area contributed by atoms with E-state index in [2.05, 4.69) is 17.1 Å². The molecular formula is C17H34N2O2. The summed E-state index contributed by atoms with van der Waals surface area (Å²) in [6, 6.07) is 0.673. The first-order valence-corrected chi connectivity index (χ1v) is 8.81. The van der Waals surface area contributed by atoms with Crippen LogP contribution in [0.25, 0.3) is 0 Å². The van der Waals surface area contributed by atoms with Crippen LogP contribution in [-0.2, 0) is 9.47 Å². The zero-order chi connectivity index (χ0) is 15.0. The molecule has 1 aliphatic heterocycles. The Morgan fingerprint density at radius 1 is 1.10 bits per heavy atom. The van der Waals surface area contributed by atoms with Gasteiger partial charge in [0.05, 0.1) is 13.2 Å². The van der Waals surface area contributed by atoms with Gasteiger partial charge in [-0.1, -0.05) is 19.3 Å². The largest absolute Gasteiger partial charge is 0.382 e. The second-order valence-corrected chi connectivity index (χ2v) is 6.85. The third-order valence-corrected chi connectivity index (χ3v) is 5.13. The Labute approximate surface area is 130 Å². The van der Waals surface area contributed by atoms with Gasteiger partial charge in [-0.2, -0.15) is 0 Å². The summed E-state index contributed by atoms with van der Waals surface area (Å²) in [5.41, 5.74) is 0.430. The minimum absolute atomic E-state index is 0.430. The highest BCUT2D eigenvalue weighted by Crippen LogP contribution is 2.31. The summed E-state index contributed by atoms with van der Waals surface area (Å²) in [4.78, 5) is 2.71. The zero-order valence-electron chi connectivity index (χ0n) is 14.0. The molecule has 0 amide bonds. The molecule has 0 aromatic carbocycles. The quantitative estimate of drug-likeness (QED) is 0.698. The van der Waals surface area contributed by atoms with Crippen LogP contribution in [0.3, 0.4) is 0 Å². The predicted molar refractivity (Wildman–Crippen MR) is 86.8 cm³/mol. The maximum atomic E-state index is 5.54. The van der Waals surface area contributed by atoms with Crippen LogP contribution < -0.4 is 5.32 Å². The summed E-state index contributed by atoms with van der Waals surface area (Å²) in [6.45, 7) is 8.29. The maximum absolute atomic E-state index is 5.54. The summed E-state index contributed by atoms with van der Waals surface area (Å²) >= 11 is 0. The normalized spacial score (nSPS) is 26.3. The fourth-order valence-electron chi connectivity index (χ4n) is 3.72.